The van der Waals surface area contributed by atoms with Crippen LogP contribution in [0, 0.1) is 0 Å². The van der Waals surface area contributed by atoms with Crippen LogP contribution in [0.5, 0.6) is 0 Å². The zero-order valence-electron chi connectivity index (χ0n) is 14.6. The van der Waals surface area contributed by atoms with E-state index in [1.165, 1.54) is 6.33 Å². The SMILES string of the molecule is Nc1ccc2c(NCC(O)c3ccc(-c4ccccc4)cc3)ncnc2n1. The number of nitrogens with two attached hydrogens (primary N) is 1. The van der Waals surface area contributed by atoms with Gasteiger partial charge >= 0.3 is 0 Å². The van der Waals surface area contributed by atoms with Gasteiger partial charge in [-0.3, -0.25) is 0 Å². The van der Waals surface area contributed by atoms with E-state index in [1.54, 1.807) is 6.07 Å². The highest BCUT2D eigenvalue weighted by Gasteiger charge is 2.10. The standard InChI is InChI=1S/C21H19N5O/c22-19-11-10-17-20(24-13-25-21(17)26-19)23-12-18(27)16-8-6-15(7-9-16)14-4-2-1-3-5-14/h1-11,13,18,27H,12H2,(H3,22,23,24,25,26). The van der Waals surface area contributed by atoms with Crippen LogP contribution < -0.4 is 11.1 Å². The number of anilines is 2. The van der Waals surface area contributed by atoms with E-state index in [-0.39, 0.29) is 0 Å². The van der Waals surface area contributed by atoms with Gasteiger partial charge in [0.05, 0.1) is 11.5 Å². The summed E-state index contributed by atoms with van der Waals surface area (Å²) in [4.78, 5) is 12.5. The molecule has 4 N–H and O–H groups in total. The Hall–Kier alpha value is -3.51. The molecule has 134 valence electrons. The predicted molar refractivity (Wildman–Crippen MR) is 107 cm³/mol. The number of aliphatic hydroxyl groups excluding tert-OH is 1. The number of rotatable bonds is 5. The van der Waals surface area contributed by atoms with Gasteiger partial charge in [0, 0.05) is 6.54 Å². The van der Waals surface area contributed by atoms with Crippen LogP contribution in [-0.4, -0.2) is 26.6 Å². The lowest BCUT2D eigenvalue weighted by Gasteiger charge is -2.14. The molecule has 0 amide bonds. The van der Waals surface area contributed by atoms with Crippen LogP contribution in [0.2, 0.25) is 0 Å². The van der Waals surface area contributed by atoms with E-state index in [1.807, 2.05) is 48.5 Å². The highest BCUT2D eigenvalue weighted by Crippen LogP contribution is 2.23. The van der Waals surface area contributed by atoms with Gasteiger partial charge in [-0.15, -0.1) is 0 Å². The lowest BCUT2D eigenvalue weighted by Crippen LogP contribution is -2.13. The topological polar surface area (TPSA) is 97.0 Å². The molecule has 0 aliphatic heterocycles. The number of aromatic nitrogens is 3. The summed E-state index contributed by atoms with van der Waals surface area (Å²) >= 11 is 0. The summed E-state index contributed by atoms with van der Waals surface area (Å²) in [5.41, 5.74) is 9.32. The Labute approximate surface area is 156 Å². The molecule has 0 spiro atoms. The molecule has 6 heteroatoms. The second-order valence-corrected chi connectivity index (χ2v) is 6.21. The maximum absolute atomic E-state index is 10.5. The molecule has 2 heterocycles. The fourth-order valence-electron chi connectivity index (χ4n) is 2.94. The van der Waals surface area contributed by atoms with Gasteiger partial charge in [-0.2, -0.15) is 0 Å². The Morgan fingerprint density at radius 3 is 2.41 bits per heavy atom. The third kappa shape index (κ3) is 3.70. The smallest absolute Gasteiger partial charge is 0.166 e. The number of benzene rings is 2. The summed E-state index contributed by atoms with van der Waals surface area (Å²) in [6.07, 6.45) is 0.764. The molecule has 1 unspecified atom stereocenters. The highest BCUT2D eigenvalue weighted by atomic mass is 16.3. The molecule has 0 saturated heterocycles. The Kier molecular flexibility index (Phi) is 4.63. The molecule has 4 rings (SSSR count). The van der Waals surface area contributed by atoms with Crippen LogP contribution in [0.3, 0.4) is 0 Å². The molecule has 0 saturated carbocycles. The number of pyridine rings is 1. The van der Waals surface area contributed by atoms with E-state index in [0.717, 1.165) is 22.1 Å². The molecule has 1 atom stereocenters. The third-order valence-electron chi connectivity index (χ3n) is 4.38. The van der Waals surface area contributed by atoms with Crippen molar-refractivity contribution in [1.82, 2.24) is 15.0 Å². The predicted octanol–water partition coefficient (Wildman–Crippen LogP) is 3.42. The Balaban J connectivity index is 1.48. The second kappa shape index (κ2) is 7.39. The molecule has 0 aliphatic carbocycles. The minimum Gasteiger partial charge on any atom is -0.387 e. The monoisotopic (exact) mass is 357 g/mol. The second-order valence-electron chi connectivity index (χ2n) is 6.21. The molecular formula is C21H19N5O. The Morgan fingerprint density at radius 2 is 1.63 bits per heavy atom. The zero-order chi connectivity index (χ0) is 18.6. The summed E-state index contributed by atoms with van der Waals surface area (Å²) in [7, 11) is 0. The van der Waals surface area contributed by atoms with Gasteiger partial charge in [0.25, 0.3) is 0 Å². The van der Waals surface area contributed by atoms with Gasteiger partial charge in [0.2, 0.25) is 0 Å². The van der Waals surface area contributed by atoms with E-state index in [0.29, 0.717) is 23.8 Å². The highest BCUT2D eigenvalue weighted by molar-refractivity contribution is 5.87. The first-order valence-electron chi connectivity index (χ1n) is 8.65. The average molecular weight is 357 g/mol. The first-order chi connectivity index (χ1) is 13.2. The van der Waals surface area contributed by atoms with Crippen molar-refractivity contribution in [2.45, 2.75) is 6.10 Å². The normalized spacial score (nSPS) is 12.0. The van der Waals surface area contributed by atoms with Gasteiger partial charge in [-0.25, -0.2) is 15.0 Å². The summed E-state index contributed by atoms with van der Waals surface area (Å²) < 4.78 is 0. The van der Waals surface area contributed by atoms with E-state index in [4.69, 9.17) is 5.73 Å². The summed E-state index contributed by atoms with van der Waals surface area (Å²) in [5, 5.41) is 14.5. The molecule has 0 bridgehead atoms. The maximum Gasteiger partial charge on any atom is 0.166 e. The van der Waals surface area contributed by atoms with Gasteiger partial charge in [-0.1, -0.05) is 54.6 Å². The van der Waals surface area contributed by atoms with Crippen LogP contribution in [0.1, 0.15) is 11.7 Å². The van der Waals surface area contributed by atoms with Crippen LogP contribution in [0.15, 0.2) is 73.1 Å². The number of fused-ring (bicyclic) bond motifs is 1. The number of nitrogens with one attached hydrogen (secondary N) is 1. The van der Waals surface area contributed by atoms with Crippen molar-refractivity contribution in [3.05, 3.63) is 78.6 Å². The van der Waals surface area contributed by atoms with Crippen molar-refractivity contribution in [3.8, 4) is 11.1 Å². The number of hydrogen-bond acceptors (Lipinski definition) is 6. The van der Waals surface area contributed by atoms with Crippen LogP contribution in [0.25, 0.3) is 22.2 Å². The summed E-state index contributed by atoms with van der Waals surface area (Å²) in [6, 6.07) is 21.6. The molecule has 6 nitrogen and oxygen atoms in total. The Bertz CT molecular complexity index is 1050. The maximum atomic E-state index is 10.5. The van der Waals surface area contributed by atoms with Crippen molar-refractivity contribution in [1.29, 1.82) is 0 Å². The van der Waals surface area contributed by atoms with Crippen molar-refractivity contribution in [2.24, 2.45) is 0 Å². The van der Waals surface area contributed by atoms with Crippen molar-refractivity contribution < 1.29 is 5.11 Å². The van der Waals surface area contributed by atoms with Gasteiger partial charge in [-0.05, 0) is 28.8 Å². The zero-order valence-corrected chi connectivity index (χ0v) is 14.6. The fourth-order valence-corrected chi connectivity index (χ4v) is 2.94. The third-order valence-corrected chi connectivity index (χ3v) is 4.38. The minimum absolute atomic E-state index is 0.321. The van der Waals surface area contributed by atoms with Gasteiger partial charge < -0.3 is 16.2 Å². The number of nitrogens with zero attached hydrogens (tertiary/aromatic N) is 3. The van der Waals surface area contributed by atoms with Crippen LogP contribution >= 0.6 is 0 Å². The summed E-state index contributed by atoms with van der Waals surface area (Å²) in [6.45, 7) is 0.321. The van der Waals surface area contributed by atoms with E-state index >= 15 is 0 Å². The van der Waals surface area contributed by atoms with Crippen molar-refractivity contribution >= 4 is 22.7 Å². The lowest BCUT2D eigenvalue weighted by molar-refractivity contribution is 0.191. The van der Waals surface area contributed by atoms with Gasteiger partial charge in [0.1, 0.15) is 18.0 Å². The number of aliphatic hydroxyl groups is 1. The van der Waals surface area contributed by atoms with Crippen molar-refractivity contribution in [2.75, 3.05) is 17.6 Å². The van der Waals surface area contributed by atoms with Crippen LogP contribution in [0.4, 0.5) is 11.6 Å². The molecular weight excluding hydrogens is 338 g/mol. The molecule has 27 heavy (non-hydrogen) atoms. The van der Waals surface area contributed by atoms with E-state index in [9.17, 15) is 5.11 Å². The number of nitrogen functional groups attached to an aromatic ring is 1. The minimum atomic E-state index is -0.665. The summed E-state index contributed by atoms with van der Waals surface area (Å²) in [5.74, 6) is 1.03. The largest absolute Gasteiger partial charge is 0.387 e. The molecule has 2 aromatic carbocycles. The molecule has 4 aromatic rings. The van der Waals surface area contributed by atoms with E-state index in [2.05, 4.69) is 32.4 Å². The van der Waals surface area contributed by atoms with Crippen LogP contribution in [-0.2, 0) is 0 Å². The molecule has 0 aliphatic rings. The molecule has 0 radical (unpaired) electrons. The van der Waals surface area contributed by atoms with E-state index < -0.39 is 6.10 Å². The Morgan fingerprint density at radius 1 is 0.889 bits per heavy atom. The fraction of sp³-hybridized carbons (Fsp3) is 0.0952. The quantitative estimate of drug-likeness (QED) is 0.506. The number of hydrogen-bond donors (Lipinski definition) is 3. The lowest BCUT2D eigenvalue weighted by atomic mass is 10.0. The first kappa shape index (κ1) is 16.9. The van der Waals surface area contributed by atoms with Gasteiger partial charge in [0.15, 0.2) is 5.65 Å². The van der Waals surface area contributed by atoms with Crippen molar-refractivity contribution in [3.63, 3.8) is 0 Å². The molecule has 0 fully saturated rings. The average Bonchev–Trinajstić information content (AvgIpc) is 2.72. The molecule has 2 aromatic heterocycles. The first-order valence-corrected chi connectivity index (χ1v) is 8.65.